The summed E-state index contributed by atoms with van der Waals surface area (Å²) in [6, 6.07) is -0.534. The van der Waals surface area contributed by atoms with Crippen molar-refractivity contribution < 1.29 is 14.3 Å². The minimum absolute atomic E-state index is 0.0681. The van der Waals surface area contributed by atoms with Crippen molar-refractivity contribution in [2.45, 2.75) is 46.6 Å². The summed E-state index contributed by atoms with van der Waals surface area (Å²) in [6.45, 7) is 9.12. The summed E-state index contributed by atoms with van der Waals surface area (Å²) in [7, 11) is 0. The first-order valence-corrected chi connectivity index (χ1v) is 6.98. The van der Waals surface area contributed by atoms with Gasteiger partial charge < -0.3 is 15.4 Å². The molecule has 2 atom stereocenters. The number of nitrogens with two attached hydrogens (primary N) is 1. The van der Waals surface area contributed by atoms with Crippen molar-refractivity contribution in [2.24, 2.45) is 17.1 Å². The smallest absolute Gasteiger partial charge is 0.310 e. The maximum absolute atomic E-state index is 12.3. The lowest BCUT2D eigenvalue weighted by molar-refractivity contribution is -0.151. The van der Waals surface area contributed by atoms with Crippen LogP contribution in [0.15, 0.2) is 0 Å². The molecule has 0 aliphatic carbocycles. The van der Waals surface area contributed by atoms with Crippen LogP contribution < -0.4 is 5.73 Å². The standard InChI is InChI=1S/C14H26N2O3/c1-5-19-13(18)10-7-6-8-16(9-10)12(17)11(15)14(2,3)4/h10-11H,5-9,15H2,1-4H3. The van der Waals surface area contributed by atoms with Gasteiger partial charge in [-0.25, -0.2) is 0 Å². The molecular weight excluding hydrogens is 244 g/mol. The molecule has 1 amide bonds. The molecule has 1 fully saturated rings. The van der Waals surface area contributed by atoms with Crippen molar-refractivity contribution >= 4 is 11.9 Å². The number of nitrogens with zero attached hydrogens (tertiary/aromatic N) is 1. The Morgan fingerprint density at radius 3 is 2.58 bits per heavy atom. The maximum atomic E-state index is 12.3. The number of carbonyl (C=O) groups excluding carboxylic acids is 2. The molecule has 110 valence electrons. The molecule has 2 unspecified atom stereocenters. The topological polar surface area (TPSA) is 72.6 Å². The highest BCUT2D eigenvalue weighted by Crippen LogP contribution is 2.23. The molecule has 0 aromatic heterocycles. The Labute approximate surface area is 115 Å². The first-order valence-electron chi connectivity index (χ1n) is 6.98. The average molecular weight is 270 g/mol. The number of hydrogen-bond donors (Lipinski definition) is 1. The molecule has 5 heteroatoms. The van der Waals surface area contributed by atoms with Gasteiger partial charge in [0.1, 0.15) is 0 Å². The number of rotatable bonds is 3. The van der Waals surface area contributed by atoms with Crippen LogP contribution in [0.3, 0.4) is 0 Å². The fraction of sp³-hybridized carbons (Fsp3) is 0.857. The largest absolute Gasteiger partial charge is 0.466 e. The van der Waals surface area contributed by atoms with Crippen molar-refractivity contribution in [3.8, 4) is 0 Å². The van der Waals surface area contributed by atoms with Crippen LogP contribution in [0, 0.1) is 11.3 Å². The van der Waals surface area contributed by atoms with Crippen molar-refractivity contribution in [2.75, 3.05) is 19.7 Å². The second-order valence-corrected chi connectivity index (χ2v) is 6.22. The lowest BCUT2D eigenvalue weighted by atomic mass is 9.86. The van der Waals surface area contributed by atoms with Crippen molar-refractivity contribution in [3.63, 3.8) is 0 Å². The van der Waals surface area contributed by atoms with E-state index in [0.717, 1.165) is 12.8 Å². The normalized spacial score (nSPS) is 21.9. The number of hydrogen-bond acceptors (Lipinski definition) is 4. The molecule has 0 bridgehead atoms. The Hall–Kier alpha value is -1.10. The zero-order valence-corrected chi connectivity index (χ0v) is 12.4. The summed E-state index contributed by atoms with van der Waals surface area (Å²) in [4.78, 5) is 25.8. The predicted molar refractivity (Wildman–Crippen MR) is 73.4 cm³/mol. The van der Waals surface area contributed by atoms with Gasteiger partial charge in [0.2, 0.25) is 5.91 Å². The van der Waals surface area contributed by atoms with Gasteiger partial charge in [0.05, 0.1) is 18.6 Å². The van der Waals surface area contributed by atoms with E-state index >= 15 is 0 Å². The van der Waals surface area contributed by atoms with Crippen LogP contribution in [0.2, 0.25) is 0 Å². The number of amides is 1. The Balaban J connectivity index is 2.64. The summed E-state index contributed by atoms with van der Waals surface area (Å²) >= 11 is 0. The van der Waals surface area contributed by atoms with Gasteiger partial charge in [-0.05, 0) is 25.2 Å². The van der Waals surface area contributed by atoms with Crippen LogP contribution in [0.4, 0.5) is 0 Å². The molecule has 1 aliphatic heterocycles. The molecule has 1 saturated heterocycles. The van der Waals surface area contributed by atoms with E-state index in [4.69, 9.17) is 10.5 Å². The zero-order chi connectivity index (χ0) is 14.6. The van der Waals surface area contributed by atoms with Gasteiger partial charge in [-0.1, -0.05) is 20.8 Å². The highest BCUT2D eigenvalue weighted by atomic mass is 16.5. The summed E-state index contributed by atoms with van der Waals surface area (Å²) in [6.07, 6.45) is 1.61. The van der Waals surface area contributed by atoms with Gasteiger partial charge in [0.25, 0.3) is 0 Å². The molecule has 0 radical (unpaired) electrons. The van der Waals surface area contributed by atoms with E-state index in [2.05, 4.69) is 0 Å². The fourth-order valence-electron chi connectivity index (χ4n) is 2.20. The predicted octanol–water partition coefficient (Wildman–Crippen LogP) is 1.16. The van der Waals surface area contributed by atoms with Crippen LogP contribution in [0.1, 0.15) is 40.5 Å². The second-order valence-electron chi connectivity index (χ2n) is 6.22. The molecule has 19 heavy (non-hydrogen) atoms. The molecule has 0 aromatic rings. The minimum Gasteiger partial charge on any atom is -0.466 e. The molecule has 0 aromatic carbocycles. The molecular formula is C14H26N2O3. The third kappa shape index (κ3) is 4.20. The van der Waals surface area contributed by atoms with E-state index in [1.54, 1.807) is 11.8 Å². The minimum atomic E-state index is -0.534. The zero-order valence-electron chi connectivity index (χ0n) is 12.4. The van der Waals surface area contributed by atoms with Gasteiger partial charge in [-0.3, -0.25) is 9.59 Å². The molecule has 1 aliphatic rings. The quantitative estimate of drug-likeness (QED) is 0.781. The van der Waals surface area contributed by atoms with E-state index in [-0.39, 0.29) is 23.2 Å². The third-order valence-corrected chi connectivity index (χ3v) is 3.55. The number of likely N-dealkylation sites (tertiary alicyclic amines) is 1. The van der Waals surface area contributed by atoms with E-state index in [1.165, 1.54) is 0 Å². The highest BCUT2D eigenvalue weighted by Gasteiger charge is 2.35. The van der Waals surface area contributed by atoms with Gasteiger partial charge >= 0.3 is 5.97 Å². The van der Waals surface area contributed by atoms with Crippen LogP contribution in [0.5, 0.6) is 0 Å². The first kappa shape index (κ1) is 16.0. The van der Waals surface area contributed by atoms with Crippen molar-refractivity contribution in [3.05, 3.63) is 0 Å². The molecule has 1 heterocycles. The Bertz CT molecular complexity index is 336. The summed E-state index contributed by atoms with van der Waals surface area (Å²) in [5.74, 6) is -0.476. The average Bonchev–Trinajstić information content (AvgIpc) is 2.36. The van der Waals surface area contributed by atoms with Crippen LogP contribution in [-0.2, 0) is 14.3 Å². The summed E-state index contributed by atoms with van der Waals surface area (Å²) < 4.78 is 5.03. The SMILES string of the molecule is CCOC(=O)C1CCCN(C(=O)C(N)C(C)(C)C)C1. The van der Waals surface area contributed by atoms with Crippen LogP contribution in [-0.4, -0.2) is 42.5 Å². The van der Waals surface area contributed by atoms with E-state index in [9.17, 15) is 9.59 Å². The number of piperidine rings is 1. The summed E-state index contributed by atoms with van der Waals surface area (Å²) in [5, 5.41) is 0. The van der Waals surface area contributed by atoms with Gasteiger partial charge in [-0.2, -0.15) is 0 Å². The van der Waals surface area contributed by atoms with Gasteiger partial charge in [0, 0.05) is 13.1 Å². The lowest BCUT2D eigenvalue weighted by Crippen LogP contribution is -2.53. The Morgan fingerprint density at radius 1 is 1.42 bits per heavy atom. The number of ether oxygens (including phenoxy) is 1. The lowest BCUT2D eigenvalue weighted by Gasteiger charge is -2.36. The molecule has 1 rings (SSSR count). The van der Waals surface area contributed by atoms with Crippen molar-refractivity contribution in [1.82, 2.24) is 4.90 Å². The monoisotopic (exact) mass is 270 g/mol. The highest BCUT2D eigenvalue weighted by molar-refractivity contribution is 5.83. The van der Waals surface area contributed by atoms with Gasteiger partial charge in [-0.15, -0.1) is 0 Å². The molecule has 0 saturated carbocycles. The molecule has 0 spiro atoms. The van der Waals surface area contributed by atoms with Crippen LogP contribution >= 0.6 is 0 Å². The molecule has 5 nitrogen and oxygen atoms in total. The molecule has 2 N–H and O–H groups in total. The Kier molecular flexibility index (Phi) is 5.35. The summed E-state index contributed by atoms with van der Waals surface area (Å²) in [5.41, 5.74) is 5.73. The van der Waals surface area contributed by atoms with E-state index in [0.29, 0.717) is 19.7 Å². The van der Waals surface area contributed by atoms with E-state index < -0.39 is 6.04 Å². The Morgan fingerprint density at radius 2 is 2.05 bits per heavy atom. The fourth-order valence-corrected chi connectivity index (χ4v) is 2.20. The van der Waals surface area contributed by atoms with Crippen LogP contribution in [0.25, 0.3) is 0 Å². The first-order chi connectivity index (χ1) is 8.77. The third-order valence-electron chi connectivity index (χ3n) is 3.55. The van der Waals surface area contributed by atoms with Gasteiger partial charge in [0.15, 0.2) is 0 Å². The van der Waals surface area contributed by atoms with Crippen molar-refractivity contribution in [1.29, 1.82) is 0 Å². The maximum Gasteiger partial charge on any atom is 0.310 e. The van der Waals surface area contributed by atoms with E-state index in [1.807, 2.05) is 20.8 Å². The second kappa shape index (κ2) is 6.37. The number of carbonyl (C=O) groups is 2. The number of esters is 1.